The van der Waals surface area contributed by atoms with Gasteiger partial charge >= 0.3 is 0 Å². The van der Waals surface area contributed by atoms with E-state index in [0.29, 0.717) is 18.7 Å². The Morgan fingerprint density at radius 2 is 2.03 bits per heavy atom. The van der Waals surface area contributed by atoms with Crippen molar-refractivity contribution in [2.24, 2.45) is 0 Å². The molecular formula is C25H29N5O2. The number of carbonyl (C=O) groups is 1. The van der Waals surface area contributed by atoms with E-state index in [9.17, 15) is 4.79 Å². The normalized spacial score (nSPS) is 17.7. The van der Waals surface area contributed by atoms with E-state index in [1.165, 1.54) is 27.8 Å². The summed E-state index contributed by atoms with van der Waals surface area (Å²) in [7, 11) is 0. The highest BCUT2D eigenvalue weighted by Crippen LogP contribution is 2.37. The minimum atomic E-state index is -0.239. The third-order valence-electron chi connectivity index (χ3n) is 6.48. The van der Waals surface area contributed by atoms with Gasteiger partial charge in [-0.2, -0.15) is 0 Å². The highest BCUT2D eigenvalue weighted by atomic mass is 16.3. The fourth-order valence-corrected chi connectivity index (χ4v) is 4.88. The number of hydrogen-bond donors (Lipinski definition) is 2. The van der Waals surface area contributed by atoms with Gasteiger partial charge in [0.05, 0.1) is 12.2 Å². The van der Waals surface area contributed by atoms with Gasteiger partial charge in [-0.3, -0.25) is 9.69 Å². The maximum Gasteiger partial charge on any atom is 0.273 e. The Kier molecular flexibility index (Phi) is 6.01. The lowest BCUT2D eigenvalue weighted by molar-refractivity contribution is 0.0946. The van der Waals surface area contributed by atoms with Crippen LogP contribution < -0.4 is 5.32 Å². The van der Waals surface area contributed by atoms with E-state index in [1.807, 2.05) is 4.68 Å². The van der Waals surface area contributed by atoms with Crippen molar-refractivity contribution >= 4 is 5.91 Å². The van der Waals surface area contributed by atoms with Gasteiger partial charge in [0.25, 0.3) is 5.91 Å². The van der Waals surface area contributed by atoms with Crippen molar-refractivity contribution < 1.29 is 9.90 Å². The summed E-state index contributed by atoms with van der Waals surface area (Å²) in [5.74, 6) is -0.239. The molecule has 0 unspecified atom stereocenters. The summed E-state index contributed by atoms with van der Waals surface area (Å²) in [6.45, 7) is 3.37. The predicted octanol–water partition coefficient (Wildman–Crippen LogP) is 2.80. The molecule has 2 heterocycles. The van der Waals surface area contributed by atoms with E-state index in [0.717, 1.165) is 38.9 Å². The van der Waals surface area contributed by atoms with Crippen LogP contribution in [0.1, 0.15) is 52.5 Å². The molecule has 0 saturated carbocycles. The number of aromatic nitrogens is 3. The number of rotatable bonds is 7. The molecule has 1 fully saturated rings. The molecule has 7 heteroatoms. The zero-order chi connectivity index (χ0) is 21.9. The summed E-state index contributed by atoms with van der Waals surface area (Å²) in [5.41, 5.74) is 7.26. The molecule has 2 aromatic carbocycles. The van der Waals surface area contributed by atoms with Crippen LogP contribution in [0.3, 0.4) is 0 Å². The number of nitrogens with one attached hydrogen (secondary N) is 1. The first kappa shape index (κ1) is 20.8. The molecule has 3 aromatic rings. The largest absolute Gasteiger partial charge is 0.396 e. The molecule has 5 rings (SSSR count). The van der Waals surface area contributed by atoms with Gasteiger partial charge in [0.15, 0.2) is 5.69 Å². The zero-order valence-corrected chi connectivity index (χ0v) is 18.2. The molecule has 1 aliphatic carbocycles. The van der Waals surface area contributed by atoms with Gasteiger partial charge in [0, 0.05) is 26.2 Å². The van der Waals surface area contributed by atoms with Gasteiger partial charge in [-0.1, -0.05) is 47.7 Å². The Balaban J connectivity index is 1.22. The van der Waals surface area contributed by atoms with Gasteiger partial charge in [0.1, 0.15) is 0 Å². The second kappa shape index (κ2) is 9.22. The van der Waals surface area contributed by atoms with Gasteiger partial charge in [-0.25, -0.2) is 4.68 Å². The molecule has 7 nitrogen and oxygen atoms in total. The van der Waals surface area contributed by atoms with Crippen molar-refractivity contribution in [1.82, 2.24) is 25.2 Å². The van der Waals surface area contributed by atoms with Crippen LogP contribution in [0.5, 0.6) is 0 Å². The van der Waals surface area contributed by atoms with E-state index >= 15 is 0 Å². The van der Waals surface area contributed by atoms with Gasteiger partial charge in [0.2, 0.25) is 0 Å². The molecule has 1 amide bonds. The van der Waals surface area contributed by atoms with Crippen molar-refractivity contribution in [3.63, 3.8) is 0 Å². The standard InChI is InChI=1S/C25H29N5O2/c31-12-4-10-26-25(32)24-17-30(28-27-24)21-6-3-11-29(16-21)15-18-8-9-23-20(13-18)14-19-5-1-2-7-22(19)23/h1-2,5,7-9,13,17,21,31H,3-4,6,10-12,14-16H2,(H,26,32)/t21-/m0/s1. The van der Waals surface area contributed by atoms with Crippen LogP contribution in [0.15, 0.2) is 48.7 Å². The third kappa shape index (κ3) is 4.31. The number of aliphatic hydroxyl groups is 1. The van der Waals surface area contributed by atoms with Crippen LogP contribution in [0.25, 0.3) is 11.1 Å². The molecule has 166 valence electrons. The molecule has 2 aliphatic rings. The molecule has 0 bridgehead atoms. The second-order valence-electron chi connectivity index (χ2n) is 8.77. The molecule has 0 radical (unpaired) electrons. The molecule has 0 spiro atoms. The van der Waals surface area contributed by atoms with Crippen LogP contribution in [-0.4, -0.2) is 57.1 Å². The van der Waals surface area contributed by atoms with E-state index in [4.69, 9.17) is 5.11 Å². The molecule has 1 aromatic heterocycles. The van der Waals surface area contributed by atoms with Gasteiger partial charge in [-0.15, -0.1) is 5.10 Å². The summed E-state index contributed by atoms with van der Waals surface area (Å²) in [6.07, 6.45) is 5.43. The summed E-state index contributed by atoms with van der Waals surface area (Å²) in [5, 5.41) is 19.9. The first-order chi connectivity index (χ1) is 15.7. The third-order valence-corrected chi connectivity index (χ3v) is 6.48. The number of amides is 1. The Bertz CT molecular complexity index is 1110. The molecule has 1 saturated heterocycles. The summed E-state index contributed by atoms with van der Waals surface area (Å²) in [4.78, 5) is 14.6. The van der Waals surface area contributed by atoms with Crippen LogP contribution >= 0.6 is 0 Å². The molecular weight excluding hydrogens is 402 g/mol. The van der Waals surface area contributed by atoms with Gasteiger partial charge in [-0.05, 0) is 60.0 Å². The second-order valence-corrected chi connectivity index (χ2v) is 8.77. The lowest BCUT2D eigenvalue weighted by atomic mass is 10.0. The Morgan fingerprint density at radius 3 is 2.94 bits per heavy atom. The monoisotopic (exact) mass is 431 g/mol. The molecule has 2 N–H and O–H groups in total. The molecule has 1 aliphatic heterocycles. The van der Waals surface area contributed by atoms with E-state index in [2.05, 4.69) is 63.0 Å². The number of likely N-dealkylation sites (tertiary alicyclic amines) is 1. The van der Waals surface area contributed by atoms with E-state index in [-0.39, 0.29) is 18.6 Å². The van der Waals surface area contributed by atoms with Crippen LogP contribution in [0.4, 0.5) is 0 Å². The molecule has 1 atom stereocenters. The smallest absolute Gasteiger partial charge is 0.273 e. The number of hydrogen-bond acceptors (Lipinski definition) is 5. The van der Waals surface area contributed by atoms with Gasteiger partial charge < -0.3 is 10.4 Å². The highest BCUT2D eigenvalue weighted by molar-refractivity contribution is 5.91. The number of nitrogens with zero attached hydrogens (tertiary/aromatic N) is 4. The lowest BCUT2D eigenvalue weighted by Gasteiger charge is -2.32. The Hall–Kier alpha value is -3.03. The van der Waals surface area contributed by atoms with Crippen LogP contribution in [0, 0.1) is 0 Å². The maximum atomic E-state index is 12.2. The summed E-state index contributed by atoms with van der Waals surface area (Å²) >= 11 is 0. The van der Waals surface area contributed by atoms with Crippen molar-refractivity contribution in [3.8, 4) is 11.1 Å². The minimum absolute atomic E-state index is 0.0576. The fourth-order valence-electron chi connectivity index (χ4n) is 4.88. The minimum Gasteiger partial charge on any atom is -0.396 e. The van der Waals surface area contributed by atoms with E-state index < -0.39 is 0 Å². The number of aliphatic hydroxyl groups excluding tert-OH is 1. The quantitative estimate of drug-likeness (QED) is 0.440. The zero-order valence-electron chi connectivity index (χ0n) is 18.2. The fraction of sp³-hybridized carbons (Fsp3) is 0.400. The first-order valence-corrected chi connectivity index (χ1v) is 11.4. The van der Waals surface area contributed by atoms with E-state index in [1.54, 1.807) is 6.20 Å². The molecule has 32 heavy (non-hydrogen) atoms. The summed E-state index contributed by atoms with van der Waals surface area (Å²) in [6, 6.07) is 15.8. The maximum absolute atomic E-state index is 12.2. The highest BCUT2D eigenvalue weighted by Gasteiger charge is 2.24. The number of carbonyl (C=O) groups excluding carboxylic acids is 1. The van der Waals surface area contributed by atoms with Crippen molar-refractivity contribution in [3.05, 3.63) is 71.0 Å². The lowest BCUT2D eigenvalue weighted by Crippen LogP contribution is -2.36. The Labute approximate surface area is 188 Å². The van der Waals surface area contributed by atoms with Crippen molar-refractivity contribution in [2.45, 2.75) is 38.3 Å². The Morgan fingerprint density at radius 1 is 1.16 bits per heavy atom. The van der Waals surface area contributed by atoms with Crippen LogP contribution in [-0.2, 0) is 13.0 Å². The van der Waals surface area contributed by atoms with Crippen molar-refractivity contribution in [1.29, 1.82) is 0 Å². The number of piperidine rings is 1. The number of fused-ring (bicyclic) bond motifs is 3. The summed E-state index contributed by atoms with van der Waals surface area (Å²) < 4.78 is 1.84. The first-order valence-electron chi connectivity index (χ1n) is 11.4. The topological polar surface area (TPSA) is 83.3 Å². The SMILES string of the molecule is O=C(NCCCO)c1cn([C@H]2CCCN(Cc3ccc4c(c3)Cc3ccccc3-4)C2)nn1. The average Bonchev–Trinajstić information content (AvgIpc) is 3.44. The van der Waals surface area contributed by atoms with Crippen LogP contribution in [0.2, 0.25) is 0 Å². The average molecular weight is 432 g/mol. The predicted molar refractivity (Wildman–Crippen MR) is 122 cm³/mol. The number of benzene rings is 2. The van der Waals surface area contributed by atoms with Crippen molar-refractivity contribution in [2.75, 3.05) is 26.2 Å².